The second-order valence-electron chi connectivity index (χ2n) is 14.9. The number of benzene rings is 3. The van der Waals surface area contributed by atoms with Crippen LogP contribution in [-0.4, -0.2) is 99.3 Å². The Balaban J connectivity index is 0.00000101. The summed E-state index contributed by atoms with van der Waals surface area (Å²) in [6.45, 7) is 8.51. The van der Waals surface area contributed by atoms with Gasteiger partial charge < -0.3 is 25.3 Å². The normalized spacial score (nSPS) is 20.5. The Morgan fingerprint density at radius 3 is 2.32 bits per heavy atom. The van der Waals surface area contributed by atoms with Crippen LogP contribution in [0, 0.1) is 5.92 Å². The molecule has 0 saturated carbocycles. The summed E-state index contributed by atoms with van der Waals surface area (Å²) in [4.78, 5) is 31.8. The van der Waals surface area contributed by atoms with Crippen LogP contribution >= 0.6 is 0 Å². The van der Waals surface area contributed by atoms with Crippen LogP contribution < -0.4 is 10.6 Å². The molecule has 1 aliphatic carbocycles. The first kappa shape index (κ1) is 40.0. The van der Waals surface area contributed by atoms with Crippen LogP contribution in [0.2, 0.25) is 0 Å². The second-order valence-corrected chi connectivity index (χ2v) is 15.8. The van der Waals surface area contributed by atoms with Crippen LogP contribution in [0.3, 0.4) is 0 Å². The number of hydrogen-bond donors (Lipinski definition) is 6. The number of carbonyl (C=O) groups excluding carboxylic acids is 2. The van der Waals surface area contributed by atoms with Gasteiger partial charge in [-0.1, -0.05) is 72.8 Å². The van der Waals surface area contributed by atoms with Gasteiger partial charge in [-0.05, 0) is 62.4 Å². The summed E-state index contributed by atoms with van der Waals surface area (Å²) in [5.41, 5.74) is 3.40. The number of furan rings is 1. The van der Waals surface area contributed by atoms with E-state index in [-0.39, 0.29) is 24.8 Å². The number of hydrogen-bond acceptors (Lipinski definition) is 9. The number of β-amino-alcohol motifs (C(OH)–C–C–N with tert-alkyl or cyclic N) is 1. The van der Waals surface area contributed by atoms with Gasteiger partial charge in [-0.15, -0.1) is 0 Å². The lowest BCUT2D eigenvalue weighted by Crippen LogP contribution is -2.61. The SMILES string of the molecule is CC(C)(C)NC(=O)[C@@H]1CN(Cc2cc3ccccc3o2)CCN1C[C@@H](O)C[C@@H](Cc1ccccc1)C(=O)N[C@H]1c2ccccc2C[C@H]1O.O=S(=O)(O)O. The fourth-order valence-electron chi connectivity index (χ4n) is 7.15. The van der Waals surface area contributed by atoms with Crippen LogP contribution in [0.15, 0.2) is 89.3 Å². The van der Waals surface area contributed by atoms with E-state index < -0.39 is 46.1 Å². The lowest BCUT2D eigenvalue weighted by atomic mass is 9.91. The molecule has 1 saturated heterocycles. The molecule has 2 aliphatic rings. The van der Waals surface area contributed by atoms with Crippen molar-refractivity contribution in [2.24, 2.45) is 5.92 Å². The quantitative estimate of drug-likeness (QED) is 0.123. The van der Waals surface area contributed by atoms with Crippen molar-refractivity contribution in [1.82, 2.24) is 20.4 Å². The fourth-order valence-corrected chi connectivity index (χ4v) is 7.15. The topological polar surface area (TPSA) is 193 Å². The van der Waals surface area contributed by atoms with Crippen molar-refractivity contribution in [1.29, 1.82) is 0 Å². The van der Waals surface area contributed by atoms with Crippen molar-refractivity contribution in [2.45, 2.75) is 76.4 Å². The standard InChI is InChI=1S/C39H48N4O5.H2O4S/c1-39(2,3)41-38(47)33-25-42(24-31-21-28-14-8-10-16-35(28)48-31)17-18-43(33)23-30(44)20-29(19-26-11-5-4-6-12-26)37(46)40-36-32-15-9-7-13-27(32)22-34(36)45;1-5(2,3)4/h4-16,21,29-30,33-34,36,44-45H,17-20,22-25H2,1-3H3,(H,40,46)(H,41,47);(H2,1,2,3,4)/t29-,30+,33+,34-,36+;/m1./s1. The zero-order chi connectivity index (χ0) is 38.3. The minimum atomic E-state index is -4.67. The van der Waals surface area contributed by atoms with E-state index in [0.29, 0.717) is 39.0 Å². The maximum Gasteiger partial charge on any atom is 0.394 e. The van der Waals surface area contributed by atoms with E-state index in [1.54, 1.807) is 0 Å². The highest BCUT2D eigenvalue weighted by Crippen LogP contribution is 2.32. The van der Waals surface area contributed by atoms with Gasteiger partial charge in [-0.3, -0.25) is 28.5 Å². The summed E-state index contributed by atoms with van der Waals surface area (Å²) in [7, 11) is -4.67. The van der Waals surface area contributed by atoms with E-state index in [4.69, 9.17) is 21.9 Å². The first-order valence-corrected chi connectivity index (χ1v) is 19.2. The van der Waals surface area contributed by atoms with Gasteiger partial charge in [-0.25, -0.2) is 0 Å². The van der Waals surface area contributed by atoms with Gasteiger partial charge in [0, 0.05) is 49.4 Å². The molecule has 0 radical (unpaired) electrons. The van der Waals surface area contributed by atoms with E-state index in [0.717, 1.165) is 33.4 Å². The number of nitrogens with one attached hydrogen (secondary N) is 2. The Morgan fingerprint density at radius 2 is 1.62 bits per heavy atom. The number of nitrogens with zero attached hydrogens (tertiary/aromatic N) is 2. The Labute approximate surface area is 310 Å². The zero-order valence-electron chi connectivity index (χ0n) is 30.3. The molecule has 0 unspecified atom stereocenters. The van der Waals surface area contributed by atoms with E-state index >= 15 is 0 Å². The molecule has 5 atom stereocenters. The molecule has 2 amide bonds. The number of aliphatic hydroxyl groups excluding tert-OH is 2. The van der Waals surface area contributed by atoms with Crippen LogP contribution in [0.25, 0.3) is 11.0 Å². The van der Waals surface area contributed by atoms with Crippen LogP contribution in [0.1, 0.15) is 55.7 Å². The molecule has 1 aliphatic heterocycles. The monoisotopic (exact) mass is 750 g/mol. The molecule has 6 N–H and O–H groups in total. The first-order chi connectivity index (χ1) is 25.0. The number of carbonyl (C=O) groups is 2. The Hall–Kier alpha value is -4.15. The van der Waals surface area contributed by atoms with Crippen LogP contribution in [0.4, 0.5) is 0 Å². The maximum atomic E-state index is 13.9. The fraction of sp³-hybridized carbons (Fsp3) is 0.436. The predicted octanol–water partition coefficient (Wildman–Crippen LogP) is 3.57. The average molecular weight is 751 g/mol. The molecule has 0 bridgehead atoms. The highest BCUT2D eigenvalue weighted by molar-refractivity contribution is 7.79. The number of aliphatic hydroxyl groups is 2. The van der Waals surface area contributed by atoms with Gasteiger partial charge in [0.15, 0.2) is 0 Å². The molecule has 286 valence electrons. The number of amides is 2. The Bertz CT molecular complexity index is 1910. The molecule has 1 fully saturated rings. The number of fused-ring (bicyclic) bond motifs is 2. The Kier molecular flexibility index (Phi) is 13.1. The Morgan fingerprint density at radius 1 is 0.962 bits per heavy atom. The third kappa shape index (κ3) is 11.9. The number of rotatable bonds is 11. The highest BCUT2D eigenvalue weighted by atomic mass is 32.3. The second kappa shape index (κ2) is 17.3. The zero-order valence-corrected chi connectivity index (χ0v) is 31.1. The van der Waals surface area contributed by atoms with Gasteiger partial charge in [0.05, 0.1) is 24.8 Å². The number of piperazine rings is 1. The summed E-state index contributed by atoms with van der Waals surface area (Å²) in [6.07, 6.45) is -0.387. The lowest BCUT2D eigenvalue weighted by Gasteiger charge is -2.42. The molecule has 4 aromatic rings. The number of para-hydroxylation sites is 1. The molecule has 0 spiro atoms. The van der Waals surface area contributed by atoms with E-state index in [1.165, 1.54) is 0 Å². The van der Waals surface area contributed by atoms with E-state index in [1.807, 2.05) is 99.6 Å². The minimum Gasteiger partial charge on any atom is -0.460 e. The molecule has 53 heavy (non-hydrogen) atoms. The van der Waals surface area contributed by atoms with Crippen LogP contribution in [0.5, 0.6) is 0 Å². The van der Waals surface area contributed by atoms with Gasteiger partial charge in [0.25, 0.3) is 0 Å². The minimum absolute atomic E-state index is 0.0866. The smallest absolute Gasteiger partial charge is 0.394 e. The van der Waals surface area contributed by atoms with E-state index in [2.05, 4.69) is 26.5 Å². The van der Waals surface area contributed by atoms with Crippen molar-refractivity contribution in [3.8, 4) is 0 Å². The van der Waals surface area contributed by atoms with Crippen molar-refractivity contribution >= 4 is 33.2 Å². The predicted molar refractivity (Wildman–Crippen MR) is 200 cm³/mol. The first-order valence-electron chi connectivity index (χ1n) is 17.8. The lowest BCUT2D eigenvalue weighted by molar-refractivity contribution is -0.132. The van der Waals surface area contributed by atoms with Crippen LogP contribution in [-0.2, 0) is 39.4 Å². The third-order valence-electron chi connectivity index (χ3n) is 9.43. The van der Waals surface area contributed by atoms with Gasteiger partial charge in [-0.2, -0.15) is 8.42 Å². The van der Waals surface area contributed by atoms with Gasteiger partial charge >= 0.3 is 10.4 Å². The van der Waals surface area contributed by atoms with E-state index in [9.17, 15) is 19.8 Å². The molecule has 2 heterocycles. The third-order valence-corrected chi connectivity index (χ3v) is 9.43. The summed E-state index contributed by atoms with van der Waals surface area (Å²) < 4.78 is 37.7. The molecule has 6 rings (SSSR count). The van der Waals surface area contributed by atoms with Crippen molar-refractivity contribution in [3.63, 3.8) is 0 Å². The average Bonchev–Trinajstić information content (AvgIpc) is 3.63. The molecule has 1 aromatic heterocycles. The summed E-state index contributed by atoms with van der Waals surface area (Å²) in [5.74, 6) is 0.0378. The highest BCUT2D eigenvalue weighted by Gasteiger charge is 2.37. The van der Waals surface area contributed by atoms with Crippen molar-refractivity contribution in [2.75, 3.05) is 26.2 Å². The maximum absolute atomic E-state index is 13.9. The van der Waals surface area contributed by atoms with Crippen molar-refractivity contribution in [3.05, 3.63) is 107 Å². The summed E-state index contributed by atoms with van der Waals surface area (Å²) in [6, 6.07) is 26.6. The molecule has 13 nitrogen and oxygen atoms in total. The summed E-state index contributed by atoms with van der Waals surface area (Å²) >= 11 is 0. The largest absolute Gasteiger partial charge is 0.460 e. The van der Waals surface area contributed by atoms with Gasteiger partial charge in [0.1, 0.15) is 17.4 Å². The van der Waals surface area contributed by atoms with Crippen molar-refractivity contribution < 1.29 is 41.7 Å². The van der Waals surface area contributed by atoms with Gasteiger partial charge in [0.2, 0.25) is 11.8 Å². The molecular formula is C39H50N4O9S. The molecule has 3 aromatic carbocycles. The summed E-state index contributed by atoms with van der Waals surface area (Å²) in [5, 5.41) is 29.7. The molecular weight excluding hydrogens is 701 g/mol. The molecule has 14 heteroatoms.